The van der Waals surface area contributed by atoms with Gasteiger partial charge in [0.1, 0.15) is 17.4 Å². The van der Waals surface area contributed by atoms with Crippen LogP contribution in [0.15, 0.2) is 48.5 Å². The maximum absolute atomic E-state index is 12.8. The van der Waals surface area contributed by atoms with Crippen LogP contribution in [-0.4, -0.2) is 22.1 Å². The first-order valence-corrected chi connectivity index (χ1v) is 7.19. The molecule has 0 unspecified atom stereocenters. The highest BCUT2D eigenvalue weighted by Gasteiger charge is 2.09. The Morgan fingerprint density at radius 1 is 1.22 bits per heavy atom. The summed E-state index contributed by atoms with van der Waals surface area (Å²) in [6.45, 7) is 0.187. The van der Waals surface area contributed by atoms with Crippen LogP contribution in [0.1, 0.15) is 5.82 Å². The molecule has 0 saturated carbocycles. The lowest BCUT2D eigenvalue weighted by atomic mass is 10.3. The molecule has 1 heterocycles. The van der Waals surface area contributed by atoms with E-state index < -0.39 is 0 Å². The summed E-state index contributed by atoms with van der Waals surface area (Å²) in [5.74, 6) is 0.607. The van der Waals surface area contributed by atoms with Gasteiger partial charge in [-0.05, 0) is 36.4 Å². The van der Waals surface area contributed by atoms with Crippen LogP contribution in [0.4, 0.5) is 4.39 Å². The van der Waals surface area contributed by atoms with E-state index in [1.165, 1.54) is 24.3 Å². The minimum absolute atomic E-state index is 0.129. The van der Waals surface area contributed by atoms with E-state index in [9.17, 15) is 9.18 Å². The predicted molar refractivity (Wildman–Crippen MR) is 84.5 cm³/mol. The number of halogens is 1. The molecule has 0 aliphatic carbocycles. The third-order valence-electron chi connectivity index (χ3n) is 3.51. The van der Waals surface area contributed by atoms with Gasteiger partial charge in [0.25, 0.3) is 5.91 Å². The number of fused-ring (bicyclic) bond motifs is 1. The molecule has 0 aliphatic heterocycles. The maximum atomic E-state index is 12.8. The second-order valence-corrected chi connectivity index (χ2v) is 5.10. The quantitative estimate of drug-likeness (QED) is 0.787. The second kappa shape index (κ2) is 6.48. The van der Waals surface area contributed by atoms with E-state index in [1.807, 2.05) is 35.9 Å². The standard InChI is InChI=1S/C17H16FN3O2/c1-21-15-5-3-2-4-14(15)20-16(21)10-19-17(22)11-23-13-8-6-12(18)7-9-13/h2-9H,10-11H2,1H3,(H,19,22). The van der Waals surface area contributed by atoms with Crippen molar-refractivity contribution in [3.05, 3.63) is 60.2 Å². The summed E-state index contributed by atoms with van der Waals surface area (Å²) < 4.78 is 20.0. The average Bonchev–Trinajstić information content (AvgIpc) is 2.89. The Labute approximate surface area is 132 Å². The van der Waals surface area contributed by atoms with Crippen molar-refractivity contribution in [3.63, 3.8) is 0 Å². The van der Waals surface area contributed by atoms with Gasteiger partial charge in [0.15, 0.2) is 6.61 Å². The molecule has 118 valence electrons. The number of carbonyl (C=O) groups is 1. The van der Waals surface area contributed by atoms with Crippen LogP contribution in [0.5, 0.6) is 5.75 Å². The molecule has 0 aliphatic rings. The molecule has 0 bridgehead atoms. The monoisotopic (exact) mass is 313 g/mol. The molecule has 6 heteroatoms. The third kappa shape index (κ3) is 3.48. The van der Waals surface area contributed by atoms with E-state index in [-0.39, 0.29) is 18.3 Å². The Kier molecular flexibility index (Phi) is 4.23. The lowest BCUT2D eigenvalue weighted by Gasteiger charge is -2.07. The Balaban J connectivity index is 1.55. The fourth-order valence-corrected chi connectivity index (χ4v) is 2.26. The van der Waals surface area contributed by atoms with Crippen LogP contribution < -0.4 is 10.1 Å². The molecule has 5 nitrogen and oxygen atoms in total. The molecule has 0 radical (unpaired) electrons. The van der Waals surface area contributed by atoms with Gasteiger partial charge in [-0.15, -0.1) is 0 Å². The summed E-state index contributed by atoms with van der Waals surface area (Å²) in [4.78, 5) is 16.3. The number of amides is 1. The maximum Gasteiger partial charge on any atom is 0.258 e. The van der Waals surface area contributed by atoms with Crippen molar-refractivity contribution in [2.75, 3.05) is 6.61 Å². The van der Waals surface area contributed by atoms with Crippen LogP contribution in [0.25, 0.3) is 11.0 Å². The van der Waals surface area contributed by atoms with Crippen molar-refractivity contribution in [1.29, 1.82) is 0 Å². The highest BCUT2D eigenvalue weighted by Crippen LogP contribution is 2.14. The zero-order chi connectivity index (χ0) is 16.2. The van der Waals surface area contributed by atoms with Crippen LogP contribution in [0, 0.1) is 5.82 Å². The van der Waals surface area contributed by atoms with E-state index in [0.717, 1.165) is 16.9 Å². The van der Waals surface area contributed by atoms with Gasteiger partial charge in [0.05, 0.1) is 17.6 Å². The number of aryl methyl sites for hydroxylation is 1. The summed E-state index contributed by atoms with van der Waals surface area (Å²) in [6.07, 6.45) is 0. The Morgan fingerprint density at radius 3 is 2.70 bits per heavy atom. The van der Waals surface area contributed by atoms with E-state index in [1.54, 1.807) is 0 Å². The SMILES string of the molecule is Cn1c(CNC(=O)COc2ccc(F)cc2)nc2ccccc21. The largest absolute Gasteiger partial charge is 0.484 e. The van der Waals surface area contributed by atoms with E-state index >= 15 is 0 Å². The van der Waals surface area contributed by atoms with E-state index in [2.05, 4.69) is 10.3 Å². The fraction of sp³-hybridized carbons (Fsp3) is 0.176. The smallest absolute Gasteiger partial charge is 0.258 e. The summed E-state index contributed by atoms with van der Waals surface area (Å²) in [6, 6.07) is 13.3. The Morgan fingerprint density at radius 2 is 1.96 bits per heavy atom. The minimum atomic E-state index is -0.344. The number of hydrogen-bond donors (Lipinski definition) is 1. The molecular weight excluding hydrogens is 297 g/mol. The van der Waals surface area contributed by atoms with Gasteiger partial charge in [-0.1, -0.05) is 12.1 Å². The van der Waals surface area contributed by atoms with Crippen molar-refractivity contribution in [3.8, 4) is 5.75 Å². The van der Waals surface area contributed by atoms with Gasteiger partial charge < -0.3 is 14.6 Å². The van der Waals surface area contributed by atoms with E-state index in [0.29, 0.717) is 12.3 Å². The van der Waals surface area contributed by atoms with Gasteiger partial charge in [0.2, 0.25) is 0 Å². The number of benzene rings is 2. The number of hydrogen-bond acceptors (Lipinski definition) is 3. The molecule has 0 fully saturated rings. The average molecular weight is 313 g/mol. The highest BCUT2D eigenvalue weighted by atomic mass is 19.1. The predicted octanol–water partition coefficient (Wildman–Crippen LogP) is 2.41. The van der Waals surface area contributed by atoms with Gasteiger partial charge in [0, 0.05) is 7.05 Å². The number of nitrogens with zero attached hydrogens (tertiary/aromatic N) is 2. The van der Waals surface area contributed by atoms with Crippen LogP contribution >= 0.6 is 0 Å². The van der Waals surface area contributed by atoms with Crippen molar-refractivity contribution in [2.24, 2.45) is 7.05 Å². The minimum Gasteiger partial charge on any atom is -0.484 e. The lowest BCUT2D eigenvalue weighted by molar-refractivity contribution is -0.123. The van der Waals surface area contributed by atoms with Crippen LogP contribution in [-0.2, 0) is 18.4 Å². The fourth-order valence-electron chi connectivity index (χ4n) is 2.26. The summed E-state index contributed by atoms with van der Waals surface area (Å²) in [7, 11) is 1.91. The first kappa shape index (κ1) is 15.0. The number of imidazole rings is 1. The Bertz CT molecular complexity index is 827. The van der Waals surface area contributed by atoms with Crippen LogP contribution in [0.3, 0.4) is 0 Å². The number of para-hydroxylation sites is 2. The van der Waals surface area contributed by atoms with Gasteiger partial charge >= 0.3 is 0 Å². The second-order valence-electron chi connectivity index (χ2n) is 5.10. The first-order chi connectivity index (χ1) is 11.1. The molecular formula is C17H16FN3O2. The molecule has 0 spiro atoms. The molecule has 1 N–H and O–H groups in total. The number of carbonyl (C=O) groups excluding carboxylic acids is 1. The molecule has 2 aromatic carbocycles. The summed E-state index contributed by atoms with van der Waals surface area (Å²) in [5, 5.41) is 2.76. The van der Waals surface area contributed by atoms with Gasteiger partial charge in [-0.25, -0.2) is 9.37 Å². The highest BCUT2D eigenvalue weighted by molar-refractivity contribution is 5.78. The number of nitrogens with one attached hydrogen (secondary N) is 1. The zero-order valence-corrected chi connectivity index (χ0v) is 12.6. The van der Waals surface area contributed by atoms with Crippen molar-refractivity contribution < 1.29 is 13.9 Å². The topological polar surface area (TPSA) is 56.2 Å². The summed E-state index contributed by atoms with van der Waals surface area (Å²) >= 11 is 0. The third-order valence-corrected chi connectivity index (χ3v) is 3.51. The number of aromatic nitrogens is 2. The van der Waals surface area contributed by atoms with Crippen molar-refractivity contribution in [2.45, 2.75) is 6.54 Å². The molecule has 3 aromatic rings. The van der Waals surface area contributed by atoms with Crippen molar-refractivity contribution >= 4 is 16.9 Å². The molecule has 1 amide bonds. The zero-order valence-electron chi connectivity index (χ0n) is 12.6. The lowest BCUT2D eigenvalue weighted by Crippen LogP contribution is -2.29. The van der Waals surface area contributed by atoms with Crippen LogP contribution in [0.2, 0.25) is 0 Å². The summed E-state index contributed by atoms with van der Waals surface area (Å²) in [5.41, 5.74) is 1.90. The Hall–Kier alpha value is -2.89. The first-order valence-electron chi connectivity index (χ1n) is 7.19. The molecule has 3 rings (SSSR count). The van der Waals surface area contributed by atoms with Gasteiger partial charge in [-0.2, -0.15) is 0 Å². The molecule has 0 atom stereocenters. The normalized spacial score (nSPS) is 10.7. The molecule has 23 heavy (non-hydrogen) atoms. The van der Waals surface area contributed by atoms with Crippen molar-refractivity contribution in [1.82, 2.24) is 14.9 Å². The number of ether oxygens (including phenoxy) is 1. The van der Waals surface area contributed by atoms with E-state index in [4.69, 9.17) is 4.74 Å². The number of rotatable bonds is 5. The molecule has 0 saturated heterocycles. The van der Waals surface area contributed by atoms with Gasteiger partial charge in [-0.3, -0.25) is 4.79 Å². The molecule has 1 aromatic heterocycles.